The van der Waals surface area contributed by atoms with Crippen LogP contribution in [0.1, 0.15) is 19.3 Å². The average molecular weight is 294 g/mol. The first-order valence-corrected chi connectivity index (χ1v) is 8.58. The molecule has 3 fully saturated rings. The van der Waals surface area contributed by atoms with Crippen LogP contribution in [-0.2, 0) is 14.8 Å². The Hall–Kier alpha value is -0.980. The molecule has 0 radical (unpaired) electrons. The lowest BCUT2D eigenvalue weighted by molar-refractivity contribution is 0.0601. The molecule has 4 rings (SSSR count). The quantitative estimate of drug-likeness (QED) is 0.824. The van der Waals surface area contributed by atoms with Crippen molar-refractivity contribution in [3.63, 3.8) is 0 Å². The van der Waals surface area contributed by atoms with Crippen LogP contribution in [0.3, 0.4) is 0 Å². The van der Waals surface area contributed by atoms with E-state index in [4.69, 9.17) is 4.74 Å². The van der Waals surface area contributed by atoms with Crippen molar-refractivity contribution >= 4 is 10.0 Å². The Morgan fingerprint density at radius 3 is 2.80 bits per heavy atom. The second-order valence-corrected chi connectivity index (χ2v) is 7.98. The first-order chi connectivity index (χ1) is 9.63. The number of pyridine rings is 1. The summed E-state index contributed by atoms with van der Waals surface area (Å²) in [5.74, 6) is 0.370. The minimum Gasteiger partial charge on any atom is -0.379 e. The van der Waals surface area contributed by atoms with Gasteiger partial charge in [0.15, 0.2) is 5.03 Å². The van der Waals surface area contributed by atoms with Gasteiger partial charge in [0.1, 0.15) is 0 Å². The van der Waals surface area contributed by atoms with Crippen molar-refractivity contribution in [2.24, 2.45) is 11.3 Å². The molecule has 0 amide bonds. The molecule has 3 aliphatic rings. The fourth-order valence-electron chi connectivity index (χ4n) is 4.00. The third-order valence-electron chi connectivity index (χ3n) is 5.24. The summed E-state index contributed by atoms with van der Waals surface area (Å²) < 4.78 is 32.9. The maximum absolute atomic E-state index is 12.8. The van der Waals surface area contributed by atoms with Crippen LogP contribution in [-0.4, -0.2) is 43.5 Å². The molecule has 0 unspecified atom stereocenters. The number of sulfonamides is 1. The van der Waals surface area contributed by atoms with Gasteiger partial charge in [-0.1, -0.05) is 12.5 Å². The zero-order valence-electron chi connectivity index (χ0n) is 11.2. The van der Waals surface area contributed by atoms with Gasteiger partial charge in [0.2, 0.25) is 0 Å². The number of aromatic nitrogens is 1. The van der Waals surface area contributed by atoms with E-state index in [-0.39, 0.29) is 16.5 Å². The zero-order valence-corrected chi connectivity index (χ0v) is 12.1. The SMILES string of the molecule is O=S(=O)(c1ccccn1)N1CC2(CCC2)[C@@H]2COC[C@H]21. The Labute approximate surface area is 119 Å². The highest BCUT2D eigenvalue weighted by atomic mass is 32.2. The van der Waals surface area contributed by atoms with Crippen molar-refractivity contribution in [1.82, 2.24) is 9.29 Å². The minimum atomic E-state index is -3.50. The molecule has 6 heteroatoms. The Bertz CT molecular complexity index is 613. The zero-order chi connectivity index (χ0) is 13.8. The number of ether oxygens (including phenoxy) is 1. The van der Waals surface area contributed by atoms with Crippen LogP contribution in [0, 0.1) is 11.3 Å². The molecule has 0 aromatic carbocycles. The molecule has 2 aliphatic heterocycles. The van der Waals surface area contributed by atoms with E-state index in [1.165, 1.54) is 12.6 Å². The predicted octanol–water partition coefficient (Wildman–Crippen LogP) is 1.27. The standard InChI is InChI=1S/C14H18N2O3S/c17-20(18,13-4-1-2-7-15-13)16-10-14(5-3-6-14)11-8-19-9-12(11)16/h1-2,4,7,11-12H,3,5-6,8-10H2/t11-,12-/m1/s1. The molecule has 0 bridgehead atoms. The molecule has 1 spiro atoms. The Morgan fingerprint density at radius 1 is 1.30 bits per heavy atom. The first kappa shape index (κ1) is 12.7. The molecular formula is C14H18N2O3S. The molecule has 108 valence electrons. The summed E-state index contributed by atoms with van der Waals surface area (Å²) in [6.45, 7) is 1.88. The molecule has 5 nitrogen and oxygen atoms in total. The summed E-state index contributed by atoms with van der Waals surface area (Å²) >= 11 is 0. The van der Waals surface area contributed by atoms with Crippen molar-refractivity contribution in [2.45, 2.75) is 30.3 Å². The highest BCUT2D eigenvalue weighted by molar-refractivity contribution is 7.89. The van der Waals surface area contributed by atoms with E-state index < -0.39 is 10.0 Å². The van der Waals surface area contributed by atoms with E-state index >= 15 is 0 Å². The lowest BCUT2D eigenvalue weighted by Crippen LogP contribution is -2.40. The molecule has 3 heterocycles. The van der Waals surface area contributed by atoms with Gasteiger partial charge in [0.25, 0.3) is 10.0 Å². The third kappa shape index (κ3) is 1.61. The highest BCUT2D eigenvalue weighted by Crippen LogP contribution is 2.56. The molecule has 2 atom stereocenters. The van der Waals surface area contributed by atoms with Crippen molar-refractivity contribution in [1.29, 1.82) is 0 Å². The van der Waals surface area contributed by atoms with E-state index in [0.717, 1.165) is 12.8 Å². The molecular weight excluding hydrogens is 276 g/mol. The topological polar surface area (TPSA) is 59.5 Å². The smallest absolute Gasteiger partial charge is 0.260 e. The lowest BCUT2D eigenvalue weighted by atomic mass is 9.62. The van der Waals surface area contributed by atoms with Gasteiger partial charge in [0.05, 0.1) is 19.3 Å². The number of hydrogen-bond acceptors (Lipinski definition) is 4. The van der Waals surface area contributed by atoms with Gasteiger partial charge in [0, 0.05) is 18.7 Å². The van der Waals surface area contributed by atoms with Crippen LogP contribution in [0.15, 0.2) is 29.4 Å². The van der Waals surface area contributed by atoms with E-state index in [1.807, 2.05) is 0 Å². The second-order valence-electron chi connectivity index (χ2n) is 6.15. The summed E-state index contributed by atoms with van der Waals surface area (Å²) in [5, 5.41) is 0.155. The lowest BCUT2D eigenvalue weighted by Gasteiger charge is -2.42. The predicted molar refractivity (Wildman–Crippen MR) is 72.5 cm³/mol. The molecule has 1 saturated carbocycles. The highest BCUT2D eigenvalue weighted by Gasteiger charge is 2.60. The van der Waals surface area contributed by atoms with Crippen molar-refractivity contribution in [3.05, 3.63) is 24.4 Å². The van der Waals surface area contributed by atoms with E-state index in [0.29, 0.717) is 25.7 Å². The van der Waals surface area contributed by atoms with Gasteiger partial charge in [-0.2, -0.15) is 4.31 Å². The number of fused-ring (bicyclic) bond motifs is 2. The third-order valence-corrected chi connectivity index (χ3v) is 7.03. The first-order valence-electron chi connectivity index (χ1n) is 7.14. The maximum Gasteiger partial charge on any atom is 0.260 e. The molecule has 1 aromatic heterocycles. The molecule has 0 N–H and O–H groups in total. The normalized spacial score (nSPS) is 32.2. The van der Waals surface area contributed by atoms with Crippen LogP contribution in [0.4, 0.5) is 0 Å². The van der Waals surface area contributed by atoms with Crippen molar-refractivity contribution in [2.75, 3.05) is 19.8 Å². The summed E-state index contributed by atoms with van der Waals surface area (Å²) in [4.78, 5) is 4.03. The van der Waals surface area contributed by atoms with Crippen molar-refractivity contribution < 1.29 is 13.2 Å². The maximum atomic E-state index is 12.8. The van der Waals surface area contributed by atoms with Gasteiger partial charge in [-0.05, 0) is 30.4 Å². The fraction of sp³-hybridized carbons (Fsp3) is 0.643. The molecule has 2 saturated heterocycles. The van der Waals surface area contributed by atoms with Gasteiger partial charge in [-0.15, -0.1) is 0 Å². The fourth-order valence-corrected chi connectivity index (χ4v) is 5.68. The van der Waals surface area contributed by atoms with Crippen LogP contribution in [0.25, 0.3) is 0 Å². The van der Waals surface area contributed by atoms with Gasteiger partial charge in [-0.25, -0.2) is 13.4 Å². The number of rotatable bonds is 2. The average Bonchev–Trinajstić information content (AvgIpc) is 2.98. The second kappa shape index (κ2) is 4.26. The molecule has 1 aliphatic carbocycles. The minimum absolute atomic E-state index is 0.00214. The monoisotopic (exact) mass is 294 g/mol. The summed E-state index contributed by atoms with van der Waals surface area (Å²) in [7, 11) is -3.50. The largest absolute Gasteiger partial charge is 0.379 e. The Balaban J connectivity index is 1.72. The van der Waals surface area contributed by atoms with E-state index in [1.54, 1.807) is 22.5 Å². The van der Waals surface area contributed by atoms with Crippen LogP contribution in [0.5, 0.6) is 0 Å². The summed E-state index contributed by atoms with van der Waals surface area (Å²) in [6, 6.07) is 5.03. The van der Waals surface area contributed by atoms with Gasteiger partial charge >= 0.3 is 0 Å². The molecule has 1 aromatic rings. The Morgan fingerprint density at radius 2 is 2.15 bits per heavy atom. The van der Waals surface area contributed by atoms with Gasteiger partial charge in [-0.3, -0.25) is 0 Å². The molecule has 20 heavy (non-hydrogen) atoms. The van der Waals surface area contributed by atoms with Crippen LogP contribution in [0.2, 0.25) is 0 Å². The summed E-state index contributed by atoms with van der Waals surface area (Å²) in [6.07, 6.45) is 5.00. The summed E-state index contributed by atoms with van der Waals surface area (Å²) in [5.41, 5.74) is 0.170. The Kier molecular flexibility index (Phi) is 2.71. The van der Waals surface area contributed by atoms with Crippen LogP contribution >= 0.6 is 0 Å². The number of hydrogen-bond donors (Lipinski definition) is 0. The van der Waals surface area contributed by atoms with Gasteiger partial charge < -0.3 is 4.74 Å². The van der Waals surface area contributed by atoms with Crippen molar-refractivity contribution in [3.8, 4) is 0 Å². The number of nitrogens with zero attached hydrogens (tertiary/aromatic N) is 2. The van der Waals surface area contributed by atoms with E-state index in [9.17, 15) is 8.42 Å². The van der Waals surface area contributed by atoms with E-state index in [2.05, 4.69) is 4.98 Å². The van der Waals surface area contributed by atoms with Crippen LogP contribution < -0.4 is 0 Å².